The van der Waals surface area contributed by atoms with Crippen molar-refractivity contribution in [3.63, 3.8) is 0 Å². The van der Waals surface area contributed by atoms with Gasteiger partial charge in [0.25, 0.3) is 0 Å². The molecule has 0 N–H and O–H groups in total. The second kappa shape index (κ2) is 3.48. The second-order valence-electron chi connectivity index (χ2n) is 4.95. The average molecular weight is 218 g/mol. The fourth-order valence-corrected chi connectivity index (χ4v) is 4.51. The van der Waals surface area contributed by atoms with Gasteiger partial charge >= 0.3 is 0 Å². The molecule has 1 heterocycles. The maximum absolute atomic E-state index is 2.48. The first-order chi connectivity index (χ1) is 7.29. The van der Waals surface area contributed by atoms with E-state index in [1.165, 1.54) is 36.1 Å². The number of hydrogen-bond donors (Lipinski definition) is 0. The van der Waals surface area contributed by atoms with Crippen molar-refractivity contribution in [2.75, 3.05) is 0 Å². The quantitative estimate of drug-likeness (QED) is 0.627. The van der Waals surface area contributed by atoms with E-state index in [1.807, 2.05) is 0 Å². The van der Waals surface area contributed by atoms with Crippen LogP contribution in [0.4, 0.5) is 0 Å². The number of thiophene rings is 1. The third-order valence-corrected chi connectivity index (χ3v) is 5.60. The molecule has 0 aromatic carbocycles. The molecule has 3 aliphatic rings. The SMILES string of the molecule is CC=C(C)c1cc2c(s1)C1CCC2CC1. The van der Waals surface area contributed by atoms with Crippen LogP contribution in [0.3, 0.4) is 0 Å². The predicted octanol–water partition coefficient (Wildman–Crippen LogP) is 4.93. The molecule has 4 rings (SSSR count). The summed E-state index contributed by atoms with van der Waals surface area (Å²) in [6.45, 7) is 4.38. The highest BCUT2D eigenvalue weighted by Crippen LogP contribution is 2.53. The highest BCUT2D eigenvalue weighted by atomic mass is 32.1. The van der Waals surface area contributed by atoms with Gasteiger partial charge in [0.05, 0.1) is 0 Å². The van der Waals surface area contributed by atoms with Crippen LogP contribution in [0.2, 0.25) is 0 Å². The van der Waals surface area contributed by atoms with Crippen LogP contribution >= 0.6 is 11.3 Å². The second-order valence-corrected chi connectivity index (χ2v) is 6.03. The van der Waals surface area contributed by atoms with Gasteiger partial charge in [0.15, 0.2) is 0 Å². The van der Waals surface area contributed by atoms with E-state index in [2.05, 4.69) is 37.3 Å². The largest absolute Gasteiger partial charge is 0.140 e. The molecule has 80 valence electrons. The summed E-state index contributed by atoms with van der Waals surface area (Å²) in [5.41, 5.74) is 3.16. The summed E-state index contributed by atoms with van der Waals surface area (Å²) in [4.78, 5) is 3.25. The Labute approximate surface area is 96.0 Å². The first-order valence-corrected chi connectivity index (χ1v) is 6.88. The molecular weight excluding hydrogens is 200 g/mol. The Bertz CT molecular complexity index is 373. The lowest BCUT2D eigenvalue weighted by molar-refractivity contribution is 0.365. The van der Waals surface area contributed by atoms with Gasteiger partial charge in [0, 0.05) is 9.75 Å². The van der Waals surface area contributed by atoms with Crippen molar-refractivity contribution in [3.05, 3.63) is 27.5 Å². The molecule has 3 aliphatic carbocycles. The Morgan fingerprint density at radius 3 is 2.53 bits per heavy atom. The molecule has 15 heavy (non-hydrogen) atoms. The average Bonchev–Trinajstić information content (AvgIpc) is 2.76. The molecular formula is C14H18S. The zero-order valence-corrected chi connectivity index (χ0v) is 10.4. The number of allylic oxidation sites excluding steroid dienone is 2. The maximum atomic E-state index is 2.48. The minimum Gasteiger partial charge on any atom is -0.140 e. The van der Waals surface area contributed by atoms with E-state index in [1.54, 1.807) is 10.4 Å². The van der Waals surface area contributed by atoms with Crippen LogP contribution in [0, 0.1) is 0 Å². The van der Waals surface area contributed by atoms with Crippen molar-refractivity contribution in [3.8, 4) is 0 Å². The summed E-state index contributed by atoms with van der Waals surface area (Å²) < 4.78 is 0. The van der Waals surface area contributed by atoms with Gasteiger partial charge in [-0.1, -0.05) is 6.08 Å². The van der Waals surface area contributed by atoms with Crippen molar-refractivity contribution in [2.45, 2.75) is 51.4 Å². The van der Waals surface area contributed by atoms with Gasteiger partial charge in [-0.15, -0.1) is 11.3 Å². The summed E-state index contributed by atoms with van der Waals surface area (Å²) in [6, 6.07) is 2.48. The van der Waals surface area contributed by atoms with Gasteiger partial charge < -0.3 is 0 Å². The molecule has 0 atom stereocenters. The Hall–Kier alpha value is -0.560. The van der Waals surface area contributed by atoms with Crippen molar-refractivity contribution in [1.82, 2.24) is 0 Å². The van der Waals surface area contributed by atoms with Crippen molar-refractivity contribution < 1.29 is 0 Å². The molecule has 0 nitrogen and oxygen atoms in total. The van der Waals surface area contributed by atoms with Crippen molar-refractivity contribution in [1.29, 1.82) is 0 Å². The molecule has 0 unspecified atom stereocenters. The maximum Gasteiger partial charge on any atom is 0.0302 e. The van der Waals surface area contributed by atoms with Gasteiger partial charge in [0.1, 0.15) is 0 Å². The first-order valence-electron chi connectivity index (χ1n) is 6.06. The Balaban J connectivity index is 2.08. The van der Waals surface area contributed by atoms with E-state index in [-0.39, 0.29) is 0 Å². The molecule has 1 aromatic heterocycles. The zero-order valence-electron chi connectivity index (χ0n) is 9.55. The molecule has 1 heteroatoms. The van der Waals surface area contributed by atoms with E-state index in [4.69, 9.17) is 0 Å². The number of rotatable bonds is 1. The van der Waals surface area contributed by atoms with Gasteiger partial charge in [-0.25, -0.2) is 0 Å². The van der Waals surface area contributed by atoms with Crippen LogP contribution < -0.4 is 0 Å². The van der Waals surface area contributed by atoms with Gasteiger partial charge in [-0.3, -0.25) is 0 Å². The molecule has 0 amide bonds. The van der Waals surface area contributed by atoms with E-state index in [0.29, 0.717) is 0 Å². The standard InChI is InChI=1S/C14H18S/c1-3-9(2)13-8-12-10-4-6-11(7-5-10)14(12)15-13/h3,8,10-11H,4-7H2,1-2H3. The van der Waals surface area contributed by atoms with Gasteiger partial charge in [-0.2, -0.15) is 0 Å². The molecule has 1 fully saturated rings. The minimum atomic E-state index is 0.902. The lowest BCUT2D eigenvalue weighted by Crippen LogP contribution is -2.19. The lowest BCUT2D eigenvalue weighted by atomic mass is 9.71. The van der Waals surface area contributed by atoms with Crippen LogP contribution in [0.1, 0.15) is 66.7 Å². The Kier molecular flexibility index (Phi) is 2.24. The fraction of sp³-hybridized carbons (Fsp3) is 0.571. The highest BCUT2D eigenvalue weighted by molar-refractivity contribution is 7.13. The summed E-state index contributed by atoms with van der Waals surface area (Å²) in [5, 5.41) is 0. The topological polar surface area (TPSA) is 0 Å². The number of hydrogen-bond acceptors (Lipinski definition) is 1. The molecule has 0 spiro atoms. The van der Waals surface area contributed by atoms with E-state index < -0.39 is 0 Å². The molecule has 0 aliphatic heterocycles. The van der Waals surface area contributed by atoms with E-state index >= 15 is 0 Å². The van der Waals surface area contributed by atoms with Crippen molar-refractivity contribution in [2.24, 2.45) is 0 Å². The van der Waals surface area contributed by atoms with Gasteiger partial charge in [0.2, 0.25) is 0 Å². The zero-order chi connectivity index (χ0) is 10.4. The van der Waals surface area contributed by atoms with E-state index in [9.17, 15) is 0 Å². The lowest BCUT2D eigenvalue weighted by Gasteiger charge is -2.35. The Morgan fingerprint density at radius 2 is 1.93 bits per heavy atom. The Morgan fingerprint density at radius 1 is 1.27 bits per heavy atom. The molecule has 1 aromatic rings. The smallest absolute Gasteiger partial charge is 0.0302 e. The first kappa shape index (κ1) is 9.65. The number of fused-ring (bicyclic) bond motifs is 2. The monoisotopic (exact) mass is 218 g/mol. The normalized spacial score (nSPS) is 29.3. The highest BCUT2D eigenvalue weighted by Gasteiger charge is 2.34. The van der Waals surface area contributed by atoms with Crippen LogP contribution in [0.15, 0.2) is 12.1 Å². The summed E-state index contributed by atoms with van der Waals surface area (Å²) >= 11 is 2.06. The molecule has 1 saturated carbocycles. The van der Waals surface area contributed by atoms with Crippen molar-refractivity contribution >= 4 is 16.9 Å². The summed E-state index contributed by atoms with van der Waals surface area (Å²) in [7, 11) is 0. The van der Waals surface area contributed by atoms with Crippen LogP contribution in [0.5, 0.6) is 0 Å². The van der Waals surface area contributed by atoms with Crippen LogP contribution in [0.25, 0.3) is 5.57 Å². The fourth-order valence-electron chi connectivity index (χ4n) is 3.06. The summed E-state index contributed by atoms with van der Waals surface area (Å²) in [6.07, 6.45) is 8.03. The molecule has 2 bridgehead atoms. The third kappa shape index (κ3) is 1.40. The molecule has 0 radical (unpaired) electrons. The van der Waals surface area contributed by atoms with Gasteiger partial charge in [-0.05, 0) is 68.6 Å². The van der Waals surface area contributed by atoms with Crippen LogP contribution in [-0.4, -0.2) is 0 Å². The minimum absolute atomic E-state index is 0.902. The summed E-state index contributed by atoms with van der Waals surface area (Å²) in [5.74, 6) is 1.81. The van der Waals surface area contributed by atoms with Crippen LogP contribution in [-0.2, 0) is 0 Å². The molecule has 0 saturated heterocycles. The third-order valence-electron chi connectivity index (χ3n) is 4.15. The predicted molar refractivity (Wildman–Crippen MR) is 67.6 cm³/mol. The van der Waals surface area contributed by atoms with E-state index in [0.717, 1.165) is 11.8 Å².